The van der Waals surface area contributed by atoms with Gasteiger partial charge >= 0.3 is 0 Å². The van der Waals surface area contributed by atoms with Crippen molar-refractivity contribution in [1.82, 2.24) is 5.32 Å². The minimum atomic E-state index is -0.452. The molecular formula is C17H27ClN2OS. The van der Waals surface area contributed by atoms with Crippen molar-refractivity contribution in [3.05, 3.63) is 35.9 Å². The van der Waals surface area contributed by atoms with Crippen molar-refractivity contribution in [2.24, 2.45) is 5.73 Å². The molecule has 0 aromatic heterocycles. The zero-order valence-electron chi connectivity index (χ0n) is 13.2. The monoisotopic (exact) mass is 342 g/mol. The summed E-state index contributed by atoms with van der Waals surface area (Å²) >= 11 is 2.01. The smallest absolute Gasteiger partial charge is 0.237 e. The Kier molecular flexibility index (Phi) is 8.91. The molecule has 1 fully saturated rings. The van der Waals surface area contributed by atoms with Gasteiger partial charge in [0.25, 0.3) is 0 Å². The van der Waals surface area contributed by atoms with E-state index in [-0.39, 0.29) is 18.3 Å². The molecule has 0 spiro atoms. The highest BCUT2D eigenvalue weighted by molar-refractivity contribution is 7.99. The Balaban J connectivity index is 0.00000242. The van der Waals surface area contributed by atoms with Gasteiger partial charge in [-0.3, -0.25) is 4.79 Å². The number of carbonyl (C=O) groups excluding carboxylic acids is 1. The van der Waals surface area contributed by atoms with E-state index in [9.17, 15) is 4.79 Å². The molecule has 1 aromatic carbocycles. The number of hydrogen-bond acceptors (Lipinski definition) is 3. The lowest BCUT2D eigenvalue weighted by molar-refractivity contribution is -0.123. The van der Waals surface area contributed by atoms with Crippen LogP contribution in [0.15, 0.2) is 30.3 Å². The number of benzene rings is 1. The summed E-state index contributed by atoms with van der Waals surface area (Å²) in [5.41, 5.74) is 7.16. The number of halogens is 1. The summed E-state index contributed by atoms with van der Waals surface area (Å²) in [6, 6.07) is 9.82. The zero-order chi connectivity index (χ0) is 15.1. The summed E-state index contributed by atoms with van der Waals surface area (Å²) in [7, 11) is 0. The third-order valence-electron chi connectivity index (χ3n) is 4.01. The van der Waals surface area contributed by atoms with Gasteiger partial charge in [0.05, 0.1) is 6.04 Å². The number of nitrogens with one attached hydrogen (secondary N) is 1. The van der Waals surface area contributed by atoms with E-state index in [4.69, 9.17) is 5.73 Å². The van der Waals surface area contributed by atoms with Crippen LogP contribution in [0.2, 0.25) is 0 Å². The third kappa shape index (κ3) is 6.19. The number of hydrogen-bond donors (Lipinski definition) is 2. The molecule has 1 saturated carbocycles. The molecule has 3 N–H and O–H groups in total. The van der Waals surface area contributed by atoms with Crippen LogP contribution in [0.4, 0.5) is 0 Å². The molecule has 3 nitrogen and oxygen atoms in total. The Morgan fingerprint density at radius 2 is 2.09 bits per heavy atom. The molecule has 3 atom stereocenters. The molecule has 1 aliphatic rings. The fraction of sp³-hybridized carbons (Fsp3) is 0.588. The topological polar surface area (TPSA) is 55.1 Å². The van der Waals surface area contributed by atoms with Gasteiger partial charge in [0.1, 0.15) is 0 Å². The van der Waals surface area contributed by atoms with E-state index < -0.39 is 6.04 Å². The number of amides is 1. The Labute approximate surface area is 144 Å². The largest absolute Gasteiger partial charge is 0.352 e. The van der Waals surface area contributed by atoms with Crippen LogP contribution in [0, 0.1) is 0 Å². The summed E-state index contributed by atoms with van der Waals surface area (Å²) in [6.07, 6.45) is 5.26. The highest BCUT2D eigenvalue weighted by Crippen LogP contribution is 2.28. The van der Waals surface area contributed by atoms with Gasteiger partial charge < -0.3 is 11.1 Å². The molecule has 124 valence electrons. The van der Waals surface area contributed by atoms with Crippen LogP contribution in [0.25, 0.3) is 0 Å². The SMILES string of the molecule is CCSC1CCCC(NC(=O)[C@@H](N)Cc2ccccc2)C1.Cl. The number of nitrogens with two attached hydrogens (primary N) is 1. The van der Waals surface area contributed by atoms with Crippen molar-refractivity contribution in [3.8, 4) is 0 Å². The fourth-order valence-electron chi connectivity index (χ4n) is 2.93. The highest BCUT2D eigenvalue weighted by atomic mass is 35.5. The van der Waals surface area contributed by atoms with Gasteiger partial charge in [0.15, 0.2) is 0 Å². The van der Waals surface area contributed by atoms with Gasteiger partial charge in [-0.2, -0.15) is 11.8 Å². The second-order valence-corrected chi connectivity index (χ2v) is 7.32. The second kappa shape index (κ2) is 10.1. The molecule has 5 heteroatoms. The van der Waals surface area contributed by atoms with E-state index in [0.717, 1.165) is 24.2 Å². The van der Waals surface area contributed by atoms with Crippen LogP contribution in [0.5, 0.6) is 0 Å². The first-order valence-electron chi connectivity index (χ1n) is 7.90. The van der Waals surface area contributed by atoms with E-state index in [1.165, 1.54) is 12.8 Å². The van der Waals surface area contributed by atoms with E-state index in [1.807, 2.05) is 42.1 Å². The number of carbonyl (C=O) groups is 1. The molecule has 1 aromatic rings. The average Bonchev–Trinajstić information content (AvgIpc) is 2.49. The summed E-state index contributed by atoms with van der Waals surface area (Å²) in [5.74, 6) is 1.14. The maximum Gasteiger partial charge on any atom is 0.237 e. The van der Waals surface area contributed by atoms with Crippen molar-refractivity contribution < 1.29 is 4.79 Å². The lowest BCUT2D eigenvalue weighted by Crippen LogP contribution is -2.48. The third-order valence-corrected chi connectivity index (χ3v) is 5.24. The predicted molar refractivity (Wildman–Crippen MR) is 97.7 cm³/mol. The maximum absolute atomic E-state index is 12.2. The van der Waals surface area contributed by atoms with Gasteiger partial charge in [-0.25, -0.2) is 0 Å². The minimum Gasteiger partial charge on any atom is -0.352 e. The van der Waals surface area contributed by atoms with Crippen LogP contribution < -0.4 is 11.1 Å². The lowest BCUT2D eigenvalue weighted by atomic mass is 9.94. The normalized spacial score (nSPS) is 22.5. The van der Waals surface area contributed by atoms with Gasteiger partial charge in [-0.1, -0.05) is 43.7 Å². The first-order valence-corrected chi connectivity index (χ1v) is 8.95. The van der Waals surface area contributed by atoms with Crippen molar-refractivity contribution >= 4 is 30.1 Å². The van der Waals surface area contributed by atoms with E-state index >= 15 is 0 Å². The standard InChI is InChI=1S/C17H26N2OS.ClH/c1-2-21-15-10-6-9-14(12-15)19-17(20)16(18)11-13-7-4-3-5-8-13;/h3-5,7-8,14-16H,2,6,9-12,18H2,1H3,(H,19,20);1H/t14?,15?,16-;/m0./s1. The Morgan fingerprint density at radius 3 is 2.77 bits per heavy atom. The molecule has 0 saturated heterocycles. The predicted octanol–water partition coefficient (Wildman–Crippen LogP) is 3.16. The molecule has 0 aliphatic heterocycles. The molecule has 0 heterocycles. The summed E-state index contributed by atoms with van der Waals surface area (Å²) in [6.45, 7) is 2.20. The van der Waals surface area contributed by atoms with Crippen LogP contribution in [0.1, 0.15) is 38.2 Å². The molecule has 22 heavy (non-hydrogen) atoms. The van der Waals surface area contributed by atoms with Gasteiger partial charge in [0, 0.05) is 11.3 Å². The minimum absolute atomic E-state index is 0. The van der Waals surface area contributed by atoms with Crippen molar-refractivity contribution in [1.29, 1.82) is 0 Å². The molecular weight excluding hydrogens is 316 g/mol. The van der Waals surface area contributed by atoms with Crippen LogP contribution in [-0.4, -0.2) is 29.0 Å². The van der Waals surface area contributed by atoms with Gasteiger partial charge in [0.2, 0.25) is 5.91 Å². The van der Waals surface area contributed by atoms with E-state index in [2.05, 4.69) is 12.2 Å². The first kappa shape index (κ1) is 19.3. The zero-order valence-corrected chi connectivity index (χ0v) is 14.8. The summed E-state index contributed by atoms with van der Waals surface area (Å²) in [4.78, 5) is 12.2. The second-order valence-electron chi connectivity index (χ2n) is 5.75. The molecule has 2 unspecified atom stereocenters. The average molecular weight is 343 g/mol. The first-order chi connectivity index (χ1) is 10.2. The lowest BCUT2D eigenvalue weighted by Gasteiger charge is -2.30. The van der Waals surface area contributed by atoms with Crippen molar-refractivity contribution in [2.75, 3.05) is 5.75 Å². The summed E-state index contributed by atoms with van der Waals surface area (Å²) < 4.78 is 0. The Hall–Kier alpha value is -0.710. The summed E-state index contributed by atoms with van der Waals surface area (Å²) in [5, 5.41) is 3.84. The van der Waals surface area contributed by atoms with Gasteiger partial charge in [-0.05, 0) is 37.0 Å². The number of rotatable bonds is 6. The molecule has 0 radical (unpaired) electrons. The highest BCUT2D eigenvalue weighted by Gasteiger charge is 2.24. The molecule has 1 amide bonds. The molecule has 1 aliphatic carbocycles. The Bertz CT molecular complexity index is 442. The van der Waals surface area contributed by atoms with Crippen molar-refractivity contribution in [2.45, 2.75) is 56.4 Å². The number of thioether (sulfide) groups is 1. The molecule has 0 bridgehead atoms. The van der Waals surface area contributed by atoms with Crippen LogP contribution in [-0.2, 0) is 11.2 Å². The van der Waals surface area contributed by atoms with Crippen LogP contribution in [0.3, 0.4) is 0 Å². The molecule has 2 rings (SSSR count). The Morgan fingerprint density at radius 1 is 1.36 bits per heavy atom. The quantitative estimate of drug-likeness (QED) is 0.835. The van der Waals surface area contributed by atoms with E-state index in [0.29, 0.717) is 17.7 Å². The van der Waals surface area contributed by atoms with Crippen LogP contribution >= 0.6 is 24.2 Å². The van der Waals surface area contributed by atoms with E-state index in [1.54, 1.807) is 0 Å². The van der Waals surface area contributed by atoms with Gasteiger partial charge in [-0.15, -0.1) is 12.4 Å². The maximum atomic E-state index is 12.2. The fourth-order valence-corrected chi connectivity index (χ4v) is 4.11. The van der Waals surface area contributed by atoms with Crippen molar-refractivity contribution in [3.63, 3.8) is 0 Å².